The van der Waals surface area contributed by atoms with Gasteiger partial charge in [-0.3, -0.25) is 14.7 Å². The normalized spacial score (nSPS) is 26.2. The summed E-state index contributed by atoms with van der Waals surface area (Å²) in [6.07, 6.45) is 6.02. The van der Waals surface area contributed by atoms with Crippen molar-refractivity contribution in [2.45, 2.75) is 63.4 Å². The third-order valence-electron chi connectivity index (χ3n) is 4.99. The van der Waals surface area contributed by atoms with Gasteiger partial charge in [0.2, 0.25) is 5.91 Å². The van der Waals surface area contributed by atoms with Crippen LogP contribution in [0.2, 0.25) is 0 Å². The maximum absolute atomic E-state index is 13.3. The predicted molar refractivity (Wildman–Crippen MR) is 102 cm³/mol. The molecule has 1 aliphatic heterocycles. The monoisotopic (exact) mass is 363 g/mol. The van der Waals surface area contributed by atoms with Crippen LogP contribution in [0.5, 0.6) is 0 Å². The summed E-state index contributed by atoms with van der Waals surface area (Å²) < 4.78 is 13.3. The van der Waals surface area contributed by atoms with Crippen LogP contribution >= 0.6 is 11.8 Å². The molecule has 1 heterocycles. The summed E-state index contributed by atoms with van der Waals surface area (Å²) in [7, 11) is 2.00. The molecule has 0 spiro atoms. The fraction of sp³-hybridized carbons (Fsp3) is 0.579. The van der Waals surface area contributed by atoms with Gasteiger partial charge in [-0.2, -0.15) is 0 Å². The highest BCUT2D eigenvalue weighted by Crippen LogP contribution is 2.36. The summed E-state index contributed by atoms with van der Waals surface area (Å²) in [5.41, 5.74) is 0.720. The summed E-state index contributed by atoms with van der Waals surface area (Å²) in [5, 5.41) is 1.21. The van der Waals surface area contributed by atoms with E-state index >= 15 is 0 Å². The second kappa shape index (κ2) is 7.77. The molecule has 0 radical (unpaired) electrons. The molecule has 0 aromatic heterocycles. The topological polar surface area (TPSA) is 35.9 Å². The highest BCUT2D eigenvalue weighted by molar-refractivity contribution is 8.14. The van der Waals surface area contributed by atoms with E-state index in [0.717, 1.165) is 23.7 Å². The van der Waals surface area contributed by atoms with Crippen molar-refractivity contribution >= 4 is 28.5 Å². The number of halogens is 1. The number of hydrogen-bond acceptors (Lipinski definition) is 3. The Morgan fingerprint density at radius 1 is 1.24 bits per heavy atom. The molecule has 1 amide bonds. The maximum atomic E-state index is 13.3. The molecule has 2 fully saturated rings. The second-order valence-electron chi connectivity index (χ2n) is 6.92. The van der Waals surface area contributed by atoms with Crippen molar-refractivity contribution in [1.29, 1.82) is 0 Å². The Morgan fingerprint density at radius 2 is 1.88 bits per heavy atom. The van der Waals surface area contributed by atoms with Crippen LogP contribution in [-0.2, 0) is 4.79 Å². The molecule has 2 aliphatic rings. The van der Waals surface area contributed by atoms with Crippen LogP contribution in [-0.4, -0.2) is 40.5 Å². The molecule has 1 aromatic rings. The molecule has 25 heavy (non-hydrogen) atoms. The van der Waals surface area contributed by atoms with Gasteiger partial charge in [0.1, 0.15) is 12.0 Å². The molecule has 1 aromatic carbocycles. The average molecular weight is 364 g/mol. The van der Waals surface area contributed by atoms with Crippen molar-refractivity contribution in [2.24, 2.45) is 4.99 Å². The van der Waals surface area contributed by atoms with Gasteiger partial charge in [0.15, 0.2) is 5.17 Å². The number of benzene rings is 1. The lowest BCUT2D eigenvalue weighted by atomic mass is 9.96. The first kappa shape index (κ1) is 18.2. The van der Waals surface area contributed by atoms with Crippen molar-refractivity contribution < 1.29 is 9.18 Å². The highest BCUT2D eigenvalue weighted by Gasteiger charge is 2.40. The first-order chi connectivity index (χ1) is 12.0. The Morgan fingerprint density at radius 3 is 2.48 bits per heavy atom. The van der Waals surface area contributed by atoms with Gasteiger partial charge in [0.05, 0.1) is 6.04 Å². The largest absolute Gasteiger partial charge is 0.333 e. The zero-order chi connectivity index (χ0) is 18.0. The van der Waals surface area contributed by atoms with Gasteiger partial charge in [-0.1, -0.05) is 31.0 Å². The molecule has 136 valence electrons. The second-order valence-corrected chi connectivity index (χ2v) is 8.26. The Labute approximate surface area is 153 Å². The summed E-state index contributed by atoms with van der Waals surface area (Å²) in [6.45, 7) is 3.68. The van der Waals surface area contributed by atoms with Gasteiger partial charge in [-0.25, -0.2) is 4.39 Å². The van der Waals surface area contributed by atoms with Gasteiger partial charge in [0, 0.05) is 24.9 Å². The standard InChI is InChI=1S/C19H26FN3OS/c1-13-18(23(14(2)24)17-11-9-15(20)10-12-17)22(3)19(25-13)21-16-7-5-4-6-8-16/h9-13,16,18H,4-8H2,1-3H3. The highest BCUT2D eigenvalue weighted by atomic mass is 32.2. The molecule has 6 heteroatoms. The lowest BCUT2D eigenvalue weighted by Crippen LogP contribution is -2.50. The zero-order valence-corrected chi connectivity index (χ0v) is 15.9. The molecule has 2 unspecified atom stereocenters. The van der Waals surface area contributed by atoms with Gasteiger partial charge < -0.3 is 4.90 Å². The Balaban J connectivity index is 1.85. The number of rotatable bonds is 3. The van der Waals surface area contributed by atoms with Gasteiger partial charge in [0.25, 0.3) is 0 Å². The minimum Gasteiger partial charge on any atom is -0.333 e. The van der Waals surface area contributed by atoms with E-state index in [0.29, 0.717) is 6.04 Å². The number of amides is 1. The molecule has 1 aliphatic carbocycles. The SMILES string of the molecule is CC(=O)N(c1ccc(F)cc1)C1C(C)SC(=NC2CCCCC2)N1C. The number of carbonyl (C=O) groups is 1. The van der Waals surface area contributed by atoms with Crippen LogP contribution < -0.4 is 4.90 Å². The number of aliphatic imine (C=N–C) groups is 1. The summed E-state index contributed by atoms with van der Waals surface area (Å²) in [4.78, 5) is 21.2. The van der Waals surface area contributed by atoms with E-state index in [9.17, 15) is 9.18 Å². The predicted octanol–water partition coefficient (Wildman–Crippen LogP) is 4.26. The minimum absolute atomic E-state index is 0.0465. The van der Waals surface area contributed by atoms with E-state index in [-0.39, 0.29) is 23.1 Å². The molecule has 0 N–H and O–H groups in total. The Hall–Kier alpha value is -1.56. The quantitative estimate of drug-likeness (QED) is 0.805. The molecular weight excluding hydrogens is 337 g/mol. The van der Waals surface area contributed by atoms with E-state index in [1.807, 2.05) is 7.05 Å². The van der Waals surface area contributed by atoms with Crippen LogP contribution in [0.15, 0.2) is 29.3 Å². The van der Waals surface area contributed by atoms with Gasteiger partial charge in [-0.15, -0.1) is 0 Å². The number of hydrogen-bond donors (Lipinski definition) is 0. The van der Waals surface area contributed by atoms with Crippen LogP contribution in [0.4, 0.5) is 10.1 Å². The fourth-order valence-corrected chi connectivity index (χ4v) is 4.97. The molecule has 0 bridgehead atoms. The number of amidine groups is 1. The van der Waals surface area contributed by atoms with Crippen LogP contribution in [0.3, 0.4) is 0 Å². The zero-order valence-electron chi connectivity index (χ0n) is 15.1. The number of carbonyl (C=O) groups excluding carboxylic acids is 1. The average Bonchev–Trinajstić information content (AvgIpc) is 2.85. The fourth-order valence-electron chi connectivity index (χ4n) is 3.73. The third kappa shape index (κ3) is 4.00. The summed E-state index contributed by atoms with van der Waals surface area (Å²) >= 11 is 1.73. The lowest BCUT2D eigenvalue weighted by Gasteiger charge is -2.35. The van der Waals surface area contributed by atoms with Crippen LogP contribution in [0.1, 0.15) is 46.0 Å². The molecule has 1 saturated heterocycles. The van der Waals surface area contributed by atoms with Gasteiger partial charge >= 0.3 is 0 Å². The molecule has 3 rings (SSSR count). The summed E-state index contributed by atoms with van der Waals surface area (Å²) in [6, 6.07) is 6.53. The molecular formula is C19H26FN3OS. The molecule has 2 atom stereocenters. The van der Waals surface area contributed by atoms with E-state index in [2.05, 4.69) is 11.8 Å². The van der Waals surface area contributed by atoms with Crippen LogP contribution in [0.25, 0.3) is 0 Å². The Kier molecular flexibility index (Phi) is 5.67. The summed E-state index contributed by atoms with van der Waals surface area (Å²) in [5.74, 6) is -0.344. The number of nitrogens with zero attached hydrogens (tertiary/aromatic N) is 3. The van der Waals surface area contributed by atoms with Gasteiger partial charge in [-0.05, 0) is 44.0 Å². The van der Waals surface area contributed by atoms with E-state index < -0.39 is 0 Å². The van der Waals surface area contributed by atoms with Crippen molar-refractivity contribution in [2.75, 3.05) is 11.9 Å². The smallest absolute Gasteiger partial charge is 0.225 e. The van der Waals surface area contributed by atoms with E-state index in [4.69, 9.17) is 4.99 Å². The van der Waals surface area contributed by atoms with E-state index in [1.54, 1.807) is 35.7 Å². The van der Waals surface area contributed by atoms with Crippen molar-refractivity contribution in [1.82, 2.24) is 4.90 Å². The van der Waals surface area contributed by atoms with Crippen molar-refractivity contribution in [3.05, 3.63) is 30.1 Å². The first-order valence-electron chi connectivity index (χ1n) is 9.00. The van der Waals surface area contributed by atoms with Crippen molar-refractivity contribution in [3.63, 3.8) is 0 Å². The molecule has 4 nitrogen and oxygen atoms in total. The van der Waals surface area contributed by atoms with Crippen molar-refractivity contribution in [3.8, 4) is 0 Å². The number of anilines is 1. The molecule has 1 saturated carbocycles. The van der Waals surface area contributed by atoms with Crippen LogP contribution in [0, 0.1) is 5.82 Å². The number of thioether (sulfide) groups is 1. The Bertz CT molecular complexity index is 643. The lowest BCUT2D eigenvalue weighted by molar-refractivity contribution is -0.117. The minimum atomic E-state index is -0.297. The third-order valence-corrected chi connectivity index (χ3v) is 6.21. The first-order valence-corrected chi connectivity index (χ1v) is 9.88. The maximum Gasteiger partial charge on any atom is 0.225 e. The van der Waals surface area contributed by atoms with E-state index in [1.165, 1.54) is 31.4 Å².